The second-order valence-corrected chi connectivity index (χ2v) is 6.16. The van der Waals surface area contributed by atoms with Crippen molar-refractivity contribution in [3.63, 3.8) is 0 Å². The zero-order chi connectivity index (χ0) is 17.2. The summed E-state index contributed by atoms with van der Waals surface area (Å²) in [5.74, 6) is 0.685. The van der Waals surface area contributed by atoms with Gasteiger partial charge in [0.1, 0.15) is 11.6 Å². The summed E-state index contributed by atoms with van der Waals surface area (Å²) in [5, 5.41) is 13.5. The van der Waals surface area contributed by atoms with Crippen molar-refractivity contribution >= 4 is 11.5 Å². The summed E-state index contributed by atoms with van der Waals surface area (Å²) in [7, 11) is 0. The van der Waals surface area contributed by atoms with Gasteiger partial charge < -0.3 is 10.0 Å². The molecule has 1 fully saturated rings. The van der Waals surface area contributed by atoms with Crippen molar-refractivity contribution in [1.29, 1.82) is 0 Å². The van der Waals surface area contributed by atoms with Gasteiger partial charge in [-0.1, -0.05) is 12.1 Å². The Hall–Kier alpha value is -2.51. The molecule has 4 rings (SSSR count). The number of aliphatic hydroxyl groups excluding tert-OH is 1. The first kappa shape index (κ1) is 16.0. The van der Waals surface area contributed by atoms with E-state index in [2.05, 4.69) is 19.9 Å². The molecule has 1 aliphatic rings. The summed E-state index contributed by atoms with van der Waals surface area (Å²) in [6.07, 6.45) is 1.73. The third kappa shape index (κ3) is 3.20. The number of anilines is 1. The number of aromatic nitrogens is 3. The van der Waals surface area contributed by atoms with E-state index in [1.54, 1.807) is 12.3 Å². The van der Waals surface area contributed by atoms with Gasteiger partial charge >= 0.3 is 0 Å². The fourth-order valence-electron chi connectivity index (χ4n) is 3.26. The van der Waals surface area contributed by atoms with Crippen LogP contribution in [0, 0.1) is 5.82 Å². The molecule has 0 atom stereocenters. The third-order valence-electron chi connectivity index (χ3n) is 4.57. The number of hydrogen-bond donors (Lipinski definition) is 1. The van der Waals surface area contributed by atoms with Crippen LogP contribution in [0.25, 0.3) is 16.9 Å². The predicted molar refractivity (Wildman–Crippen MR) is 94.1 cm³/mol. The molecular weight excluding hydrogens is 321 g/mol. The Morgan fingerprint density at radius 1 is 1.08 bits per heavy atom. The zero-order valence-electron chi connectivity index (χ0n) is 13.8. The van der Waals surface area contributed by atoms with Gasteiger partial charge in [0, 0.05) is 50.4 Å². The van der Waals surface area contributed by atoms with E-state index in [0.29, 0.717) is 6.54 Å². The van der Waals surface area contributed by atoms with Crippen LogP contribution in [0.5, 0.6) is 0 Å². The van der Waals surface area contributed by atoms with Crippen LogP contribution >= 0.6 is 0 Å². The Morgan fingerprint density at radius 3 is 2.68 bits per heavy atom. The van der Waals surface area contributed by atoms with E-state index in [1.807, 2.05) is 22.7 Å². The maximum absolute atomic E-state index is 13.6. The SMILES string of the molecule is OCCN1CCN(c2cc(-c3cccc(F)c3)nc3ccnn23)CC1. The second-order valence-electron chi connectivity index (χ2n) is 6.16. The van der Waals surface area contributed by atoms with Crippen molar-refractivity contribution in [1.82, 2.24) is 19.5 Å². The Morgan fingerprint density at radius 2 is 1.92 bits per heavy atom. The number of β-amino-alcohol motifs (C(OH)–C–C–N with tert-alkyl or cyclic N) is 1. The first-order valence-corrected chi connectivity index (χ1v) is 8.43. The molecule has 0 saturated carbocycles. The molecular formula is C18H20FN5O. The lowest BCUT2D eigenvalue weighted by molar-refractivity contribution is 0.188. The fourth-order valence-corrected chi connectivity index (χ4v) is 3.26. The molecule has 1 saturated heterocycles. The topological polar surface area (TPSA) is 56.9 Å². The molecule has 1 aliphatic heterocycles. The molecule has 3 heterocycles. The van der Waals surface area contributed by atoms with Crippen LogP contribution in [-0.4, -0.2) is 63.9 Å². The van der Waals surface area contributed by atoms with Crippen LogP contribution in [0.1, 0.15) is 0 Å². The molecule has 2 aromatic heterocycles. The number of nitrogens with zero attached hydrogens (tertiary/aromatic N) is 5. The van der Waals surface area contributed by atoms with Crippen molar-refractivity contribution < 1.29 is 9.50 Å². The number of rotatable bonds is 4. The van der Waals surface area contributed by atoms with Crippen molar-refractivity contribution in [3.05, 3.63) is 48.4 Å². The van der Waals surface area contributed by atoms with Gasteiger partial charge in [-0.3, -0.25) is 4.90 Å². The van der Waals surface area contributed by atoms with E-state index in [4.69, 9.17) is 5.11 Å². The smallest absolute Gasteiger partial charge is 0.157 e. The minimum atomic E-state index is -0.271. The Balaban J connectivity index is 1.70. The Kier molecular flexibility index (Phi) is 4.33. The molecule has 0 radical (unpaired) electrons. The molecule has 0 amide bonds. The Bertz CT molecular complexity index is 873. The first-order chi connectivity index (χ1) is 12.2. The van der Waals surface area contributed by atoms with Crippen molar-refractivity contribution in [2.75, 3.05) is 44.2 Å². The number of halogens is 1. The maximum atomic E-state index is 13.6. The molecule has 7 heteroatoms. The molecule has 0 aliphatic carbocycles. The van der Waals surface area contributed by atoms with Gasteiger partial charge in [-0.2, -0.15) is 9.61 Å². The third-order valence-corrected chi connectivity index (χ3v) is 4.57. The summed E-state index contributed by atoms with van der Waals surface area (Å²) in [4.78, 5) is 9.11. The number of hydrogen-bond acceptors (Lipinski definition) is 5. The number of benzene rings is 1. The number of fused-ring (bicyclic) bond motifs is 1. The van der Waals surface area contributed by atoms with Gasteiger partial charge in [0.25, 0.3) is 0 Å². The maximum Gasteiger partial charge on any atom is 0.157 e. The summed E-state index contributed by atoms with van der Waals surface area (Å²) in [5.41, 5.74) is 2.23. The van der Waals surface area contributed by atoms with E-state index in [0.717, 1.165) is 48.9 Å². The van der Waals surface area contributed by atoms with Crippen molar-refractivity contribution in [2.45, 2.75) is 0 Å². The lowest BCUT2D eigenvalue weighted by Crippen LogP contribution is -2.47. The van der Waals surface area contributed by atoms with Gasteiger partial charge in [0.15, 0.2) is 5.65 Å². The monoisotopic (exact) mass is 341 g/mol. The summed E-state index contributed by atoms with van der Waals surface area (Å²) < 4.78 is 15.4. The molecule has 25 heavy (non-hydrogen) atoms. The minimum Gasteiger partial charge on any atom is -0.395 e. The number of piperazine rings is 1. The van der Waals surface area contributed by atoms with Crippen LogP contribution in [0.15, 0.2) is 42.6 Å². The van der Waals surface area contributed by atoms with Gasteiger partial charge in [-0.15, -0.1) is 0 Å². The highest BCUT2D eigenvalue weighted by atomic mass is 19.1. The summed E-state index contributed by atoms with van der Waals surface area (Å²) in [6.45, 7) is 4.36. The molecule has 6 nitrogen and oxygen atoms in total. The average molecular weight is 341 g/mol. The van der Waals surface area contributed by atoms with E-state index in [1.165, 1.54) is 12.1 Å². The van der Waals surface area contributed by atoms with Gasteiger partial charge in [0.2, 0.25) is 0 Å². The highest BCUT2D eigenvalue weighted by molar-refractivity contribution is 5.67. The summed E-state index contributed by atoms with van der Waals surface area (Å²) >= 11 is 0. The van der Waals surface area contributed by atoms with E-state index in [9.17, 15) is 4.39 Å². The van der Waals surface area contributed by atoms with Crippen LogP contribution in [-0.2, 0) is 0 Å². The lowest BCUT2D eigenvalue weighted by atomic mass is 10.1. The quantitative estimate of drug-likeness (QED) is 0.782. The fraction of sp³-hybridized carbons (Fsp3) is 0.333. The minimum absolute atomic E-state index is 0.183. The van der Waals surface area contributed by atoms with Crippen LogP contribution < -0.4 is 4.90 Å². The molecule has 1 aromatic carbocycles. The van der Waals surface area contributed by atoms with Crippen LogP contribution in [0.2, 0.25) is 0 Å². The van der Waals surface area contributed by atoms with Crippen molar-refractivity contribution in [2.24, 2.45) is 0 Å². The largest absolute Gasteiger partial charge is 0.395 e. The van der Waals surface area contributed by atoms with Crippen LogP contribution in [0.3, 0.4) is 0 Å². The molecule has 0 bridgehead atoms. The highest BCUT2D eigenvalue weighted by Crippen LogP contribution is 2.25. The molecule has 1 N–H and O–H groups in total. The first-order valence-electron chi connectivity index (χ1n) is 8.43. The van der Waals surface area contributed by atoms with Gasteiger partial charge in [0.05, 0.1) is 18.5 Å². The van der Waals surface area contributed by atoms with E-state index < -0.39 is 0 Å². The van der Waals surface area contributed by atoms with Crippen LogP contribution in [0.4, 0.5) is 10.2 Å². The Labute approximate surface area is 145 Å². The van der Waals surface area contributed by atoms with E-state index in [-0.39, 0.29) is 12.4 Å². The van der Waals surface area contributed by atoms with E-state index >= 15 is 0 Å². The van der Waals surface area contributed by atoms with Gasteiger partial charge in [-0.05, 0) is 12.1 Å². The molecule has 0 spiro atoms. The second kappa shape index (κ2) is 6.78. The predicted octanol–water partition coefficient (Wildman–Crippen LogP) is 1.65. The molecule has 3 aromatic rings. The molecule has 130 valence electrons. The zero-order valence-corrected chi connectivity index (χ0v) is 13.8. The normalized spacial score (nSPS) is 15.8. The standard InChI is InChI=1S/C18H20FN5O/c19-15-3-1-2-14(12-15)16-13-18(24-17(21-16)4-5-20-24)23-8-6-22(7-9-23)10-11-25/h1-5,12-13,25H,6-11H2. The molecule has 0 unspecified atom stereocenters. The lowest BCUT2D eigenvalue weighted by Gasteiger charge is -2.35. The highest BCUT2D eigenvalue weighted by Gasteiger charge is 2.20. The van der Waals surface area contributed by atoms with Gasteiger partial charge in [-0.25, -0.2) is 9.37 Å². The average Bonchev–Trinajstić information content (AvgIpc) is 3.10. The number of aliphatic hydroxyl groups is 1. The summed E-state index contributed by atoms with van der Waals surface area (Å²) in [6, 6.07) is 10.3. The van der Waals surface area contributed by atoms with Crippen molar-refractivity contribution in [3.8, 4) is 11.3 Å².